The third-order valence-electron chi connectivity index (χ3n) is 7.22. The first-order chi connectivity index (χ1) is 13.8. The Hall–Kier alpha value is -1.66. The van der Waals surface area contributed by atoms with E-state index in [1.807, 2.05) is 13.8 Å². The molecule has 1 N–H and O–H groups in total. The van der Waals surface area contributed by atoms with E-state index in [0.717, 1.165) is 25.3 Å². The number of hydrogen-bond acceptors (Lipinski definition) is 4. The number of nitrogens with zero attached hydrogens (tertiary/aromatic N) is 3. The lowest BCUT2D eigenvalue weighted by Gasteiger charge is -2.57. The Morgan fingerprint density at radius 1 is 1.21 bits per heavy atom. The number of likely N-dealkylation sites (N-methyl/N-ethyl adjacent to an activating group) is 1. The standard InChI is InChI=1S/C23H36N4O2/c1-15(2)22-18(8-9-21(28)24-22)23(29)26-12-16-11-17(13-26)20(14-25(3)4)27-10-6-5-7-19(16)27/h8-9,15-17,19-20H,5-7,10-14H2,1-4H3,(H,24,28)/t16-,17+,19+,20+/m1/s1. The molecule has 3 aliphatic heterocycles. The number of aromatic amines is 1. The molecule has 29 heavy (non-hydrogen) atoms. The summed E-state index contributed by atoms with van der Waals surface area (Å²) >= 11 is 0. The Morgan fingerprint density at radius 2 is 1.97 bits per heavy atom. The van der Waals surface area contributed by atoms with Crippen LogP contribution in [0, 0.1) is 11.8 Å². The largest absolute Gasteiger partial charge is 0.338 e. The van der Waals surface area contributed by atoms with Crippen molar-refractivity contribution < 1.29 is 4.79 Å². The van der Waals surface area contributed by atoms with Crippen molar-refractivity contribution in [2.45, 2.75) is 57.5 Å². The fourth-order valence-electron chi connectivity index (χ4n) is 6.00. The van der Waals surface area contributed by atoms with Gasteiger partial charge in [0.25, 0.3) is 5.91 Å². The van der Waals surface area contributed by atoms with Crippen molar-refractivity contribution >= 4 is 5.91 Å². The summed E-state index contributed by atoms with van der Waals surface area (Å²) in [4.78, 5) is 35.4. The van der Waals surface area contributed by atoms with Crippen LogP contribution in [-0.2, 0) is 0 Å². The topological polar surface area (TPSA) is 59.7 Å². The Bertz CT molecular complexity index is 802. The number of hydrogen-bond donors (Lipinski definition) is 1. The molecule has 3 aliphatic rings. The molecule has 1 aromatic rings. The highest BCUT2D eigenvalue weighted by molar-refractivity contribution is 5.95. The first kappa shape index (κ1) is 20.6. The van der Waals surface area contributed by atoms with Crippen molar-refractivity contribution in [3.63, 3.8) is 0 Å². The maximum absolute atomic E-state index is 13.5. The van der Waals surface area contributed by atoms with Gasteiger partial charge >= 0.3 is 0 Å². The molecule has 3 saturated heterocycles. The molecule has 1 amide bonds. The van der Waals surface area contributed by atoms with E-state index in [9.17, 15) is 9.59 Å². The van der Waals surface area contributed by atoms with E-state index in [4.69, 9.17) is 0 Å². The summed E-state index contributed by atoms with van der Waals surface area (Å²) in [6, 6.07) is 4.36. The van der Waals surface area contributed by atoms with Gasteiger partial charge in [-0.25, -0.2) is 0 Å². The number of amides is 1. The van der Waals surface area contributed by atoms with Crippen LogP contribution in [0.3, 0.4) is 0 Å². The fraction of sp³-hybridized carbons (Fsp3) is 0.739. The van der Waals surface area contributed by atoms with Crippen molar-refractivity contribution in [3.05, 3.63) is 33.7 Å². The summed E-state index contributed by atoms with van der Waals surface area (Å²) in [5, 5.41) is 0. The first-order valence-corrected chi connectivity index (χ1v) is 11.3. The van der Waals surface area contributed by atoms with Gasteiger partial charge in [-0.15, -0.1) is 0 Å². The summed E-state index contributed by atoms with van der Waals surface area (Å²) in [6.07, 6.45) is 5.12. The van der Waals surface area contributed by atoms with Gasteiger partial charge in [-0.2, -0.15) is 0 Å². The predicted molar refractivity (Wildman–Crippen MR) is 115 cm³/mol. The van der Waals surface area contributed by atoms with Gasteiger partial charge in [-0.05, 0) is 63.7 Å². The molecule has 0 radical (unpaired) electrons. The zero-order valence-corrected chi connectivity index (χ0v) is 18.4. The molecule has 4 atom stereocenters. The van der Waals surface area contributed by atoms with E-state index >= 15 is 0 Å². The third-order valence-corrected chi connectivity index (χ3v) is 7.22. The zero-order chi connectivity index (χ0) is 20.7. The Labute approximate surface area is 174 Å². The van der Waals surface area contributed by atoms with Gasteiger partial charge in [0.2, 0.25) is 5.56 Å². The number of likely N-dealkylation sites (tertiary alicyclic amines) is 1. The number of aromatic nitrogens is 1. The van der Waals surface area contributed by atoms with Crippen LogP contribution in [0.2, 0.25) is 0 Å². The minimum atomic E-state index is -0.135. The van der Waals surface area contributed by atoms with Crippen LogP contribution < -0.4 is 5.56 Å². The second-order valence-corrected chi connectivity index (χ2v) is 9.90. The second-order valence-electron chi connectivity index (χ2n) is 9.90. The normalized spacial score (nSPS) is 29.9. The average molecular weight is 401 g/mol. The SMILES string of the molecule is CC(C)c1[nH]c(=O)ccc1C(=O)N1C[C@H]2C[C@@H](C1)[C@H](CN(C)C)N1CCCC[C@@H]21. The van der Waals surface area contributed by atoms with Crippen LogP contribution in [0.5, 0.6) is 0 Å². The quantitative estimate of drug-likeness (QED) is 0.843. The number of carbonyl (C=O) groups is 1. The number of carbonyl (C=O) groups excluding carboxylic acids is 1. The highest BCUT2D eigenvalue weighted by atomic mass is 16.2. The smallest absolute Gasteiger partial charge is 0.255 e. The maximum atomic E-state index is 13.5. The summed E-state index contributed by atoms with van der Waals surface area (Å²) in [5.41, 5.74) is 1.30. The molecular formula is C23H36N4O2. The molecule has 0 aromatic carbocycles. The van der Waals surface area contributed by atoms with Gasteiger partial charge in [-0.1, -0.05) is 20.3 Å². The lowest BCUT2D eigenvalue weighted by molar-refractivity contribution is -0.0703. The monoisotopic (exact) mass is 400 g/mol. The third kappa shape index (κ3) is 4.02. The summed E-state index contributed by atoms with van der Waals surface area (Å²) in [6.45, 7) is 8.00. The summed E-state index contributed by atoms with van der Waals surface area (Å²) < 4.78 is 0. The fourth-order valence-corrected chi connectivity index (χ4v) is 6.00. The van der Waals surface area contributed by atoms with Gasteiger partial charge < -0.3 is 14.8 Å². The molecule has 0 saturated carbocycles. The van der Waals surface area contributed by atoms with Crippen LogP contribution in [0.15, 0.2) is 16.9 Å². The molecule has 0 aliphatic carbocycles. The van der Waals surface area contributed by atoms with Crippen LogP contribution in [0.1, 0.15) is 61.5 Å². The van der Waals surface area contributed by atoms with Crippen LogP contribution in [0.25, 0.3) is 0 Å². The molecule has 4 heterocycles. The van der Waals surface area contributed by atoms with Gasteiger partial charge in [0, 0.05) is 43.5 Å². The van der Waals surface area contributed by atoms with E-state index in [0.29, 0.717) is 29.5 Å². The molecule has 2 bridgehead atoms. The first-order valence-electron chi connectivity index (χ1n) is 11.3. The lowest BCUT2D eigenvalue weighted by atomic mass is 9.72. The number of H-pyrrole nitrogens is 1. The van der Waals surface area contributed by atoms with Crippen molar-refractivity contribution in [1.82, 2.24) is 19.7 Å². The maximum Gasteiger partial charge on any atom is 0.255 e. The number of rotatable bonds is 4. The number of piperidine rings is 3. The predicted octanol–water partition coefficient (Wildman–Crippen LogP) is 2.37. The molecular weight excluding hydrogens is 364 g/mol. The minimum absolute atomic E-state index is 0.0903. The van der Waals surface area contributed by atoms with Crippen LogP contribution in [0.4, 0.5) is 0 Å². The summed E-state index contributed by atoms with van der Waals surface area (Å²) in [7, 11) is 4.32. The van der Waals surface area contributed by atoms with Crippen molar-refractivity contribution in [1.29, 1.82) is 0 Å². The van der Waals surface area contributed by atoms with E-state index < -0.39 is 0 Å². The molecule has 0 unspecified atom stereocenters. The van der Waals surface area contributed by atoms with Crippen molar-refractivity contribution in [3.8, 4) is 0 Å². The number of fused-ring (bicyclic) bond motifs is 4. The minimum Gasteiger partial charge on any atom is -0.338 e. The molecule has 6 nitrogen and oxygen atoms in total. The van der Waals surface area contributed by atoms with Crippen molar-refractivity contribution in [2.75, 3.05) is 40.3 Å². The van der Waals surface area contributed by atoms with E-state index in [2.05, 4.69) is 33.8 Å². The van der Waals surface area contributed by atoms with Gasteiger partial charge in [0.15, 0.2) is 0 Å². The highest BCUT2D eigenvalue weighted by Crippen LogP contribution is 2.41. The van der Waals surface area contributed by atoms with E-state index in [-0.39, 0.29) is 17.4 Å². The van der Waals surface area contributed by atoms with E-state index in [1.54, 1.807) is 6.07 Å². The molecule has 160 valence electrons. The average Bonchev–Trinajstić information content (AvgIpc) is 2.70. The lowest BCUT2D eigenvalue weighted by Crippen LogP contribution is -2.65. The molecule has 3 fully saturated rings. The van der Waals surface area contributed by atoms with E-state index in [1.165, 1.54) is 38.3 Å². The second kappa shape index (κ2) is 8.23. The molecule has 4 rings (SSSR count). The Kier molecular flexibility index (Phi) is 5.85. The molecule has 0 spiro atoms. The zero-order valence-electron chi connectivity index (χ0n) is 18.4. The van der Waals surface area contributed by atoms with Crippen molar-refractivity contribution in [2.24, 2.45) is 11.8 Å². The van der Waals surface area contributed by atoms with Gasteiger partial charge in [-0.3, -0.25) is 14.5 Å². The van der Waals surface area contributed by atoms with Crippen LogP contribution >= 0.6 is 0 Å². The number of nitrogens with one attached hydrogen (secondary N) is 1. The highest BCUT2D eigenvalue weighted by Gasteiger charge is 2.48. The van der Waals surface area contributed by atoms with Crippen LogP contribution in [-0.4, -0.2) is 77.9 Å². The Morgan fingerprint density at radius 3 is 2.69 bits per heavy atom. The van der Waals surface area contributed by atoms with Gasteiger partial charge in [0.05, 0.1) is 5.56 Å². The molecule has 1 aromatic heterocycles. The molecule has 6 heteroatoms. The van der Waals surface area contributed by atoms with Gasteiger partial charge in [0.1, 0.15) is 0 Å². The summed E-state index contributed by atoms with van der Waals surface area (Å²) in [5.74, 6) is 1.30. The Balaban J connectivity index is 1.61. The number of pyridine rings is 1.